The molecule has 19 heavy (non-hydrogen) atoms. The van der Waals surface area contributed by atoms with Gasteiger partial charge in [-0.1, -0.05) is 6.92 Å². The number of aromatic nitrogens is 3. The molecule has 0 radical (unpaired) electrons. The number of anilines is 1. The van der Waals surface area contributed by atoms with Crippen molar-refractivity contribution in [2.75, 3.05) is 18.0 Å². The van der Waals surface area contributed by atoms with Gasteiger partial charge in [0.25, 0.3) is 0 Å². The van der Waals surface area contributed by atoms with Gasteiger partial charge in [-0.2, -0.15) is 13.2 Å². The van der Waals surface area contributed by atoms with Crippen molar-refractivity contribution in [2.24, 2.45) is 0 Å². The number of halogens is 4. The minimum atomic E-state index is -4.28. The lowest BCUT2D eigenvalue weighted by molar-refractivity contribution is -0.119. The van der Waals surface area contributed by atoms with E-state index in [4.69, 9.17) is 0 Å². The van der Waals surface area contributed by atoms with Crippen LogP contribution in [0.3, 0.4) is 0 Å². The largest absolute Gasteiger partial charge is 0.405 e. The van der Waals surface area contributed by atoms with Crippen LogP contribution in [0, 0.1) is 0 Å². The van der Waals surface area contributed by atoms with E-state index in [-0.39, 0.29) is 12.4 Å². The SMILES string of the molecule is CCCN(CC(F)(F)F)c1nc(Br)cn2ccnc12. The second-order valence-corrected chi connectivity index (χ2v) is 4.89. The average Bonchev–Trinajstić information content (AvgIpc) is 2.73. The molecule has 0 spiro atoms. The summed E-state index contributed by atoms with van der Waals surface area (Å²) in [7, 11) is 0. The Kier molecular flexibility index (Phi) is 3.98. The van der Waals surface area contributed by atoms with Crippen LogP contribution in [-0.4, -0.2) is 33.6 Å². The Bertz CT molecular complexity index is 567. The van der Waals surface area contributed by atoms with Gasteiger partial charge in [-0.25, -0.2) is 9.97 Å². The lowest BCUT2D eigenvalue weighted by Gasteiger charge is -2.24. The second-order valence-electron chi connectivity index (χ2n) is 4.08. The molecule has 0 fully saturated rings. The van der Waals surface area contributed by atoms with Gasteiger partial charge < -0.3 is 9.30 Å². The van der Waals surface area contributed by atoms with E-state index in [9.17, 15) is 13.2 Å². The van der Waals surface area contributed by atoms with Crippen molar-refractivity contribution in [1.29, 1.82) is 0 Å². The molecule has 0 aromatic carbocycles. The van der Waals surface area contributed by atoms with Crippen molar-refractivity contribution < 1.29 is 13.2 Å². The molecular formula is C11H12BrF3N4. The minimum Gasteiger partial charge on any atom is -0.344 e. The molecule has 0 bridgehead atoms. The quantitative estimate of drug-likeness (QED) is 0.859. The molecule has 8 heteroatoms. The maximum atomic E-state index is 12.6. The maximum Gasteiger partial charge on any atom is 0.405 e. The smallest absolute Gasteiger partial charge is 0.344 e. The summed E-state index contributed by atoms with van der Waals surface area (Å²) >= 11 is 3.20. The van der Waals surface area contributed by atoms with E-state index >= 15 is 0 Å². The topological polar surface area (TPSA) is 33.4 Å². The Morgan fingerprint density at radius 3 is 2.79 bits per heavy atom. The summed E-state index contributed by atoms with van der Waals surface area (Å²) in [6.07, 6.45) is 1.18. The highest BCUT2D eigenvalue weighted by atomic mass is 79.9. The molecule has 104 valence electrons. The van der Waals surface area contributed by atoms with Gasteiger partial charge in [-0.3, -0.25) is 0 Å². The van der Waals surface area contributed by atoms with Crippen LogP contribution in [0.1, 0.15) is 13.3 Å². The predicted molar refractivity (Wildman–Crippen MR) is 69.2 cm³/mol. The fraction of sp³-hybridized carbons (Fsp3) is 0.455. The number of rotatable bonds is 4. The molecule has 0 N–H and O–H groups in total. The summed E-state index contributed by atoms with van der Waals surface area (Å²) in [4.78, 5) is 9.40. The van der Waals surface area contributed by atoms with Crippen LogP contribution >= 0.6 is 15.9 Å². The normalized spacial score (nSPS) is 12.1. The number of nitrogens with zero attached hydrogens (tertiary/aromatic N) is 4. The first-order valence-corrected chi connectivity index (χ1v) is 6.51. The summed E-state index contributed by atoms with van der Waals surface area (Å²) in [6.45, 7) is 1.06. The van der Waals surface area contributed by atoms with Crippen LogP contribution in [0.25, 0.3) is 5.65 Å². The van der Waals surface area contributed by atoms with E-state index in [2.05, 4.69) is 25.9 Å². The maximum absolute atomic E-state index is 12.6. The zero-order chi connectivity index (χ0) is 14.0. The van der Waals surface area contributed by atoms with Crippen molar-refractivity contribution in [1.82, 2.24) is 14.4 Å². The summed E-state index contributed by atoms with van der Waals surface area (Å²) in [5, 5.41) is 0. The predicted octanol–water partition coefficient (Wildman–Crippen LogP) is 3.27. The number of alkyl halides is 3. The van der Waals surface area contributed by atoms with Crippen molar-refractivity contribution >= 4 is 27.4 Å². The van der Waals surface area contributed by atoms with Crippen LogP contribution in [0.5, 0.6) is 0 Å². The van der Waals surface area contributed by atoms with Gasteiger partial charge in [-0.05, 0) is 22.4 Å². The number of imidazole rings is 1. The molecular weight excluding hydrogens is 325 g/mol. The minimum absolute atomic E-state index is 0.235. The first-order chi connectivity index (χ1) is 8.90. The molecule has 2 aromatic heterocycles. The van der Waals surface area contributed by atoms with E-state index in [1.807, 2.05) is 6.92 Å². The third-order valence-electron chi connectivity index (χ3n) is 2.49. The van der Waals surface area contributed by atoms with Crippen LogP contribution in [-0.2, 0) is 0 Å². The molecule has 2 rings (SSSR count). The Balaban J connectivity index is 2.45. The fourth-order valence-corrected chi connectivity index (χ4v) is 2.23. The monoisotopic (exact) mass is 336 g/mol. The lowest BCUT2D eigenvalue weighted by atomic mass is 10.4. The van der Waals surface area contributed by atoms with Crippen LogP contribution < -0.4 is 4.90 Å². The molecule has 2 heterocycles. The molecule has 0 saturated heterocycles. The first-order valence-electron chi connectivity index (χ1n) is 5.71. The van der Waals surface area contributed by atoms with Gasteiger partial charge in [0, 0.05) is 25.1 Å². The van der Waals surface area contributed by atoms with Gasteiger partial charge in [0.1, 0.15) is 11.1 Å². The first kappa shape index (κ1) is 14.1. The summed E-state index contributed by atoms with van der Waals surface area (Å²) in [6, 6.07) is 0. The van der Waals surface area contributed by atoms with Crippen molar-refractivity contribution in [3.8, 4) is 0 Å². The molecule has 0 aliphatic rings. The highest BCUT2D eigenvalue weighted by Crippen LogP contribution is 2.25. The Morgan fingerprint density at radius 2 is 2.16 bits per heavy atom. The van der Waals surface area contributed by atoms with Gasteiger partial charge >= 0.3 is 6.18 Å². The van der Waals surface area contributed by atoms with Gasteiger partial charge in [0.05, 0.1) is 0 Å². The molecule has 0 unspecified atom stereocenters. The molecule has 0 amide bonds. The zero-order valence-electron chi connectivity index (χ0n) is 10.2. The Morgan fingerprint density at radius 1 is 1.42 bits per heavy atom. The number of hydrogen-bond acceptors (Lipinski definition) is 3. The van der Waals surface area contributed by atoms with E-state index in [1.54, 1.807) is 16.8 Å². The number of hydrogen-bond donors (Lipinski definition) is 0. The average molecular weight is 337 g/mol. The van der Waals surface area contributed by atoms with E-state index in [0.29, 0.717) is 16.7 Å². The van der Waals surface area contributed by atoms with Gasteiger partial charge in [0.15, 0.2) is 11.5 Å². The Hall–Kier alpha value is -1.31. The van der Waals surface area contributed by atoms with Crippen molar-refractivity contribution in [3.63, 3.8) is 0 Å². The zero-order valence-corrected chi connectivity index (χ0v) is 11.7. The van der Waals surface area contributed by atoms with Gasteiger partial charge in [-0.15, -0.1) is 0 Å². The highest BCUT2D eigenvalue weighted by molar-refractivity contribution is 9.10. The molecule has 4 nitrogen and oxygen atoms in total. The molecule has 0 saturated carbocycles. The lowest BCUT2D eigenvalue weighted by Crippen LogP contribution is -2.35. The molecule has 0 atom stereocenters. The Labute approximate surface area is 116 Å². The van der Waals surface area contributed by atoms with Crippen molar-refractivity contribution in [2.45, 2.75) is 19.5 Å². The summed E-state index contributed by atoms with van der Waals surface area (Å²) < 4.78 is 40.0. The van der Waals surface area contributed by atoms with Gasteiger partial charge in [0.2, 0.25) is 0 Å². The second kappa shape index (κ2) is 5.36. The van der Waals surface area contributed by atoms with Crippen LogP contribution in [0.15, 0.2) is 23.2 Å². The van der Waals surface area contributed by atoms with E-state index < -0.39 is 12.7 Å². The summed E-state index contributed by atoms with van der Waals surface area (Å²) in [5.41, 5.74) is 0.418. The fourth-order valence-electron chi connectivity index (χ4n) is 1.84. The van der Waals surface area contributed by atoms with Crippen LogP contribution in [0.4, 0.5) is 19.0 Å². The van der Waals surface area contributed by atoms with E-state index in [0.717, 1.165) is 0 Å². The molecule has 2 aromatic rings. The standard InChI is InChI=1S/C11H12BrF3N4/c1-2-4-19(7-11(13,14)15)10-9-16-3-5-18(9)6-8(12)17-10/h3,5-6H,2,4,7H2,1H3. The third-order valence-corrected chi connectivity index (χ3v) is 2.87. The van der Waals surface area contributed by atoms with Crippen molar-refractivity contribution in [3.05, 3.63) is 23.2 Å². The number of fused-ring (bicyclic) bond motifs is 1. The molecule has 0 aliphatic carbocycles. The summed E-state index contributed by atoms with van der Waals surface area (Å²) in [5.74, 6) is 0.235. The molecule has 0 aliphatic heterocycles. The third kappa shape index (κ3) is 3.37. The van der Waals surface area contributed by atoms with Crippen LogP contribution in [0.2, 0.25) is 0 Å². The highest BCUT2D eigenvalue weighted by Gasteiger charge is 2.32. The van der Waals surface area contributed by atoms with E-state index in [1.165, 1.54) is 11.1 Å².